The van der Waals surface area contributed by atoms with Gasteiger partial charge in [-0.25, -0.2) is 0 Å². The molecule has 2 rings (SSSR count). The summed E-state index contributed by atoms with van der Waals surface area (Å²) in [6.45, 7) is 3.23. The van der Waals surface area contributed by atoms with Crippen molar-refractivity contribution in [3.05, 3.63) is 29.3 Å². The summed E-state index contributed by atoms with van der Waals surface area (Å²) in [4.78, 5) is 0. The summed E-state index contributed by atoms with van der Waals surface area (Å²) in [6, 6.07) is 5.32. The predicted molar refractivity (Wildman–Crippen MR) is 80.8 cm³/mol. The quantitative estimate of drug-likeness (QED) is 0.493. The van der Waals surface area contributed by atoms with Crippen LogP contribution in [0.2, 0.25) is 0 Å². The van der Waals surface area contributed by atoms with Gasteiger partial charge in [-0.05, 0) is 17.5 Å². The van der Waals surface area contributed by atoms with Crippen LogP contribution in [0.25, 0.3) is 0 Å². The van der Waals surface area contributed by atoms with E-state index < -0.39 is 37.3 Å². The van der Waals surface area contributed by atoms with E-state index in [1.54, 1.807) is 12.1 Å². The Morgan fingerprint density at radius 3 is 2.35 bits per heavy atom. The van der Waals surface area contributed by atoms with Crippen LogP contribution in [0.3, 0.4) is 0 Å². The molecule has 130 valence electrons. The molecule has 23 heavy (non-hydrogen) atoms. The molecule has 5 N–H and O–H groups in total. The lowest BCUT2D eigenvalue weighted by molar-refractivity contribution is -0.277. The Morgan fingerprint density at radius 2 is 1.78 bits per heavy atom. The maximum Gasteiger partial charge on any atom is 0.229 e. The molecule has 0 unspecified atom stereocenters. The van der Waals surface area contributed by atoms with Gasteiger partial charge in [-0.3, -0.25) is 0 Å². The molecule has 1 aliphatic rings. The number of aliphatic hydroxyl groups is 5. The molecule has 5 atom stereocenters. The minimum absolute atomic E-state index is 0.236. The van der Waals surface area contributed by atoms with Crippen LogP contribution in [0.15, 0.2) is 18.2 Å². The van der Waals surface area contributed by atoms with Gasteiger partial charge in [-0.2, -0.15) is 0 Å². The summed E-state index contributed by atoms with van der Waals surface area (Å²) in [7, 11) is 0. The molecule has 1 aromatic carbocycles. The van der Waals surface area contributed by atoms with Gasteiger partial charge in [0.15, 0.2) is 0 Å². The zero-order chi connectivity index (χ0) is 17.1. The molecular formula is C16H24O7. The highest BCUT2D eigenvalue weighted by Crippen LogP contribution is 2.29. The fourth-order valence-corrected chi connectivity index (χ4v) is 2.46. The maximum atomic E-state index is 10.0. The summed E-state index contributed by atoms with van der Waals surface area (Å²) < 4.78 is 10.9. The van der Waals surface area contributed by atoms with Crippen molar-refractivity contribution >= 4 is 0 Å². The Balaban J connectivity index is 2.24. The van der Waals surface area contributed by atoms with Crippen LogP contribution in [-0.4, -0.2) is 62.8 Å². The van der Waals surface area contributed by atoms with Gasteiger partial charge in [0, 0.05) is 5.56 Å². The van der Waals surface area contributed by atoms with Crippen molar-refractivity contribution in [3.8, 4) is 5.75 Å². The Hall–Kier alpha value is -1.22. The first-order valence-electron chi connectivity index (χ1n) is 7.59. The minimum Gasteiger partial charge on any atom is -0.462 e. The third kappa shape index (κ3) is 3.82. The van der Waals surface area contributed by atoms with Gasteiger partial charge in [0.1, 0.15) is 30.2 Å². The molecule has 0 saturated carbocycles. The lowest BCUT2D eigenvalue weighted by Crippen LogP contribution is -2.60. The summed E-state index contributed by atoms with van der Waals surface area (Å²) in [5.74, 6) is 0.558. The summed E-state index contributed by atoms with van der Waals surface area (Å²) >= 11 is 0. The number of aliphatic hydroxyl groups excluding tert-OH is 5. The highest BCUT2D eigenvalue weighted by Gasteiger charge is 2.44. The van der Waals surface area contributed by atoms with Crippen molar-refractivity contribution in [2.24, 2.45) is 0 Å². The first-order valence-corrected chi connectivity index (χ1v) is 7.59. The molecule has 1 aromatic rings. The van der Waals surface area contributed by atoms with Crippen LogP contribution >= 0.6 is 0 Å². The van der Waals surface area contributed by atoms with Crippen molar-refractivity contribution in [2.75, 3.05) is 6.61 Å². The Labute approximate surface area is 134 Å². The molecule has 0 aliphatic carbocycles. The van der Waals surface area contributed by atoms with Gasteiger partial charge in [-0.1, -0.05) is 26.0 Å². The summed E-state index contributed by atoms with van der Waals surface area (Å²) in [5, 5.41) is 48.2. The third-order valence-electron chi connectivity index (χ3n) is 4.02. The molecule has 0 aromatic heterocycles. The molecule has 1 aliphatic heterocycles. The molecule has 1 saturated heterocycles. The molecule has 1 heterocycles. The second-order valence-electron chi connectivity index (χ2n) is 6.00. The van der Waals surface area contributed by atoms with E-state index in [2.05, 4.69) is 0 Å². The number of benzene rings is 1. The Bertz CT molecular complexity index is 517. The first-order chi connectivity index (χ1) is 10.9. The van der Waals surface area contributed by atoms with E-state index >= 15 is 0 Å². The van der Waals surface area contributed by atoms with E-state index in [0.29, 0.717) is 11.3 Å². The minimum atomic E-state index is -1.50. The van der Waals surface area contributed by atoms with Crippen molar-refractivity contribution in [3.63, 3.8) is 0 Å². The van der Waals surface area contributed by atoms with Crippen LogP contribution in [0.5, 0.6) is 5.75 Å². The fraction of sp³-hybridized carbons (Fsp3) is 0.625. The van der Waals surface area contributed by atoms with Crippen molar-refractivity contribution < 1.29 is 35.0 Å². The second-order valence-corrected chi connectivity index (χ2v) is 6.00. The van der Waals surface area contributed by atoms with Gasteiger partial charge >= 0.3 is 0 Å². The molecule has 1 fully saturated rings. The predicted octanol–water partition coefficient (Wildman–Crippen LogP) is -0.519. The normalized spacial score (nSPS) is 31.4. The van der Waals surface area contributed by atoms with Crippen LogP contribution in [0.4, 0.5) is 0 Å². The third-order valence-corrected chi connectivity index (χ3v) is 4.02. The number of hydrogen-bond acceptors (Lipinski definition) is 7. The standard InChI is InChI=1S/C16H24O7/c1-8(2)9-3-4-10(6-17)11(5-9)22-16-15(21)14(20)13(19)12(7-18)23-16/h3-5,8,12-21H,6-7H2,1-2H3/t12-,13-,14+,15-,16-/m1/s1. The van der Waals surface area contributed by atoms with Crippen LogP contribution in [0, 0.1) is 0 Å². The number of hydrogen-bond donors (Lipinski definition) is 5. The monoisotopic (exact) mass is 328 g/mol. The highest BCUT2D eigenvalue weighted by molar-refractivity contribution is 5.38. The Morgan fingerprint density at radius 1 is 1.09 bits per heavy atom. The SMILES string of the molecule is CC(C)c1ccc(CO)c(O[C@@H]2O[C@H](CO)[C@@H](O)[C@H](O)[C@H]2O)c1. The number of ether oxygens (including phenoxy) is 2. The van der Waals surface area contributed by atoms with Gasteiger partial charge < -0.3 is 35.0 Å². The second kappa shape index (κ2) is 7.57. The average Bonchev–Trinajstić information content (AvgIpc) is 2.55. The van der Waals surface area contributed by atoms with E-state index in [1.165, 1.54) is 0 Å². The summed E-state index contributed by atoms with van der Waals surface area (Å²) in [5.41, 5.74) is 1.48. The molecular weight excluding hydrogens is 304 g/mol. The average molecular weight is 328 g/mol. The Kier molecular flexibility index (Phi) is 5.96. The van der Waals surface area contributed by atoms with E-state index in [-0.39, 0.29) is 12.5 Å². The van der Waals surface area contributed by atoms with Gasteiger partial charge in [0.25, 0.3) is 0 Å². The molecule has 0 radical (unpaired) electrons. The van der Waals surface area contributed by atoms with Crippen molar-refractivity contribution in [1.29, 1.82) is 0 Å². The zero-order valence-corrected chi connectivity index (χ0v) is 13.2. The lowest BCUT2D eigenvalue weighted by atomic mass is 9.99. The van der Waals surface area contributed by atoms with Crippen molar-refractivity contribution in [2.45, 2.75) is 57.1 Å². The highest BCUT2D eigenvalue weighted by atomic mass is 16.7. The molecule has 0 bridgehead atoms. The maximum absolute atomic E-state index is 10.0. The zero-order valence-electron chi connectivity index (χ0n) is 13.2. The molecule has 0 spiro atoms. The van der Waals surface area contributed by atoms with Crippen LogP contribution in [-0.2, 0) is 11.3 Å². The topological polar surface area (TPSA) is 120 Å². The largest absolute Gasteiger partial charge is 0.462 e. The van der Waals surface area contributed by atoms with E-state index in [4.69, 9.17) is 9.47 Å². The smallest absolute Gasteiger partial charge is 0.229 e. The van der Waals surface area contributed by atoms with Gasteiger partial charge in [0.2, 0.25) is 6.29 Å². The van der Waals surface area contributed by atoms with Crippen LogP contribution in [0.1, 0.15) is 30.9 Å². The van der Waals surface area contributed by atoms with Gasteiger partial charge in [0.05, 0.1) is 13.2 Å². The van der Waals surface area contributed by atoms with Gasteiger partial charge in [-0.15, -0.1) is 0 Å². The van der Waals surface area contributed by atoms with Crippen molar-refractivity contribution in [1.82, 2.24) is 0 Å². The first kappa shape index (κ1) is 18.1. The molecule has 0 amide bonds. The number of rotatable bonds is 5. The van der Waals surface area contributed by atoms with E-state index in [9.17, 15) is 25.5 Å². The molecule has 7 nitrogen and oxygen atoms in total. The van der Waals surface area contributed by atoms with Crippen LogP contribution < -0.4 is 4.74 Å². The fourth-order valence-electron chi connectivity index (χ4n) is 2.46. The summed E-state index contributed by atoms with van der Waals surface area (Å²) in [6.07, 6.45) is -6.73. The lowest BCUT2D eigenvalue weighted by Gasteiger charge is -2.39. The van der Waals surface area contributed by atoms with E-state index in [0.717, 1.165) is 5.56 Å². The van der Waals surface area contributed by atoms with E-state index in [1.807, 2.05) is 19.9 Å². The molecule has 7 heteroatoms.